The zero-order valence-corrected chi connectivity index (χ0v) is 14.6. The van der Waals surface area contributed by atoms with Gasteiger partial charge in [0.05, 0.1) is 12.2 Å². The van der Waals surface area contributed by atoms with Gasteiger partial charge >= 0.3 is 24.8 Å². The Labute approximate surface area is 129 Å². The van der Waals surface area contributed by atoms with Crippen molar-refractivity contribution >= 4 is 18.5 Å². The minimum atomic E-state index is -2.94. The van der Waals surface area contributed by atoms with E-state index in [-0.39, 0.29) is 30.2 Å². The van der Waals surface area contributed by atoms with E-state index in [1.807, 2.05) is 27.7 Å². The smallest absolute Gasteiger partial charge is 0.382 e. The van der Waals surface area contributed by atoms with E-state index in [1.165, 1.54) is 14.2 Å². The molecule has 0 aliphatic heterocycles. The molecule has 0 spiro atoms. The van der Waals surface area contributed by atoms with Gasteiger partial charge in [0.15, 0.2) is 0 Å². The lowest BCUT2D eigenvalue weighted by Gasteiger charge is -2.17. The molecule has 21 heavy (non-hydrogen) atoms. The summed E-state index contributed by atoms with van der Waals surface area (Å²) in [5.74, 6) is 0. The van der Waals surface area contributed by atoms with Crippen LogP contribution in [0.2, 0.25) is 0 Å². The van der Waals surface area contributed by atoms with E-state index in [9.17, 15) is 0 Å². The number of hydrogen-bond donors (Lipinski definition) is 0. The van der Waals surface area contributed by atoms with Crippen LogP contribution >= 0.6 is 6.72 Å². The number of rotatable bonds is 8. The minimum absolute atomic E-state index is 0.0664. The van der Waals surface area contributed by atoms with Gasteiger partial charge in [-0.25, -0.2) is 0 Å². The monoisotopic (exact) mass is 337 g/mol. The van der Waals surface area contributed by atoms with E-state index in [0.717, 1.165) is 0 Å². The summed E-state index contributed by atoms with van der Waals surface area (Å²) in [6.45, 7) is 4.46. The van der Waals surface area contributed by atoms with Crippen LogP contribution in [0.25, 0.3) is 0 Å². The number of hydrogen-bond acceptors (Lipinski definition) is 9. The normalized spacial score (nSPS) is 11.8. The Kier molecular flexibility index (Phi) is 6.73. The van der Waals surface area contributed by atoms with E-state index < -0.39 is 6.72 Å². The first-order valence-corrected chi connectivity index (χ1v) is 8.84. The highest BCUT2D eigenvalue weighted by molar-refractivity contribution is 8.07. The van der Waals surface area contributed by atoms with Crippen LogP contribution in [0, 0.1) is 0 Å². The third kappa shape index (κ3) is 6.09. The summed E-state index contributed by atoms with van der Waals surface area (Å²) in [4.78, 5) is 12.1. The van der Waals surface area contributed by atoms with Crippen LogP contribution in [-0.2, 0) is 20.9 Å². The Morgan fingerprint density at radius 1 is 0.810 bits per heavy atom. The second kappa shape index (κ2) is 7.84. The quantitative estimate of drug-likeness (QED) is 0.663. The highest BCUT2D eigenvalue weighted by atomic mass is 32.5. The molecule has 8 nitrogen and oxygen atoms in total. The molecule has 1 heterocycles. The molecule has 0 saturated carbocycles. The average molecular weight is 337 g/mol. The number of ether oxygens (including phenoxy) is 2. The summed E-state index contributed by atoms with van der Waals surface area (Å²) in [5, 5.41) is 0. The Bertz CT molecular complexity index is 478. The van der Waals surface area contributed by atoms with E-state index in [4.69, 9.17) is 34.9 Å². The molecule has 1 aromatic heterocycles. The zero-order chi connectivity index (χ0) is 16.0. The van der Waals surface area contributed by atoms with Gasteiger partial charge in [-0.15, -0.1) is 15.0 Å². The first kappa shape index (κ1) is 18.0. The Morgan fingerprint density at radius 3 is 1.52 bits per heavy atom. The van der Waals surface area contributed by atoms with E-state index in [0.29, 0.717) is 0 Å². The molecule has 0 amide bonds. The summed E-state index contributed by atoms with van der Waals surface area (Å²) in [5.41, 5.74) is 0. The Balaban J connectivity index is 3.08. The highest BCUT2D eigenvalue weighted by Gasteiger charge is 2.22. The largest absolute Gasteiger partial charge is 0.461 e. The van der Waals surface area contributed by atoms with Crippen molar-refractivity contribution in [3.8, 4) is 18.0 Å². The fourth-order valence-electron chi connectivity index (χ4n) is 1.14. The van der Waals surface area contributed by atoms with Crippen molar-refractivity contribution in [3.63, 3.8) is 0 Å². The van der Waals surface area contributed by atoms with Crippen molar-refractivity contribution in [2.75, 3.05) is 14.2 Å². The fourth-order valence-corrected chi connectivity index (χ4v) is 1.92. The molecule has 120 valence electrons. The number of aromatic nitrogens is 3. The predicted molar refractivity (Wildman–Crippen MR) is 80.3 cm³/mol. The molecule has 0 fully saturated rings. The standard InChI is InChI=1S/C11H20N3O5PS/c1-7(2)17-9-12-10(18-8(3)4)14-11(13-9)19-20(21,15-5)16-6/h7-8H,1-6H3. The van der Waals surface area contributed by atoms with E-state index in [1.54, 1.807) is 0 Å². The van der Waals surface area contributed by atoms with Gasteiger partial charge in [0, 0.05) is 26.0 Å². The molecule has 1 rings (SSSR count). The van der Waals surface area contributed by atoms with Crippen molar-refractivity contribution in [3.05, 3.63) is 0 Å². The van der Waals surface area contributed by atoms with E-state index in [2.05, 4.69) is 15.0 Å². The fraction of sp³-hybridized carbons (Fsp3) is 0.727. The van der Waals surface area contributed by atoms with Gasteiger partial charge in [0.1, 0.15) is 0 Å². The molecule has 0 bridgehead atoms. The van der Waals surface area contributed by atoms with Crippen LogP contribution in [0.3, 0.4) is 0 Å². The maximum Gasteiger partial charge on any atom is 0.382 e. The molecule has 10 heteroatoms. The molecule has 0 aromatic carbocycles. The van der Waals surface area contributed by atoms with Crippen LogP contribution in [-0.4, -0.2) is 41.4 Å². The summed E-state index contributed by atoms with van der Waals surface area (Å²) in [7, 11) is 2.78. The molecule has 0 saturated heterocycles. The lowest BCUT2D eigenvalue weighted by Crippen LogP contribution is -2.13. The third-order valence-corrected chi connectivity index (χ3v) is 4.30. The maximum atomic E-state index is 5.43. The van der Waals surface area contributed by atoms with E-state index >= 15 is 0 Å². The maximum absolute atomic E-state index is 5.43. The topological polar surface area (TPSA) is 84.8 Å². The number of nitrogens with zero attached hydrogens (tertiary/aromatic N) is 3. The molecule has 0 N–H and O–H groups in total. The van der Waals surface area contributed by atoms with Crippen molar-refractivity contribution in [2.45, 2.75) is 39.9 Å². The van der Waals surface area contributed by atoms with Crippen LogP contribution < -0.4 is 14.0 Å². The summed E-state index contributed by atoms with van der Waals surface area (Å²) < 4.78 is 26.3. The van der Waals surface area contributed by atoms with Gasteiger partial charge in [-0.05, 0) is 27.7 Å². The van der Waals surface area contributed by atoms with Crippen LogP contribution in [0.15, 0.2) is 0 Å². The highest BCUT2D eigenvalue weighted by Crippen LogP contribution is 2.47. The van der Waals surface area contributed by atoms with Gasteiger partial charge in [-0.1, -0.05) is 0 Å². The van der Waals surface area contributed by atoms with Crippen LogP contribution in [0.4, 0.5) is 0 Å². The summed E-state index contributed by atoms with van der Waals surface area (Å²) in [6, 6.07) is 0.0992. The SMILES string of the molecule is COP(=S)(OC)Oc1nc(OC(C)C)nc(OC(C)C)n1. The molecule has 0 unspecified atom stereocenters. The second-order valence-corrected chi connectivity index (χ2v) is 7.57. The molecule has 0 radical (unpaired) electrons. The molecule has 0 atom stereocenters. The lowest BCUT2D eigenvalue weighted by atomic mass is 10.5. The Morgan fingerprint density at radius 2 is 1.19 bits per heavy atom. The van der Waals surface area contributed by atoms with Crippen molar-refractivity contribution in [1.82, 2.24) is 15.0 Å². The van der Waals surface area contributed by atoms with Gasteiger partial charge < -0.3 is 23.0 Å². The molecule has 1 aromatic rings. The van der Waals surface area contributed by atoms with Gasteiger partial charge in [0.2, 0.25) is 0 Å². The predicted octanol–water partition coefficient (Wildman–Crippen LogP) is 2.34. The summed E-state index contributed by atoms with van der Waals surface area (Å²) >= 11 is 5.11. The van der Waals surface area contributed by atoms with Crippen molar-refractivity contribution in [2.24, 2.45) is 0 Å². The third-order valence-electron chi connectivity index (χ3n) is 1.90. The van der Waals surface area contributed by atoms with Gasteiger partial charge in [-0.3, -0.25) is 0 Å². The first-order valence-electron chi connectivity index (χ1n) is 6.28. The minimum Gasteiger partial charge on any atom is -0.461 e. The van der Waals surface area contributed by atoms with Crippen LogP contribution in [0.1, 0.15) is 27.7 Å². The second-order valence-electron chi connectivity index (χ2n) is 4.42. The van der Waals surface area contributed by atoms with Crippen molar-refractivity contribution < 1.29 is 23.0 Å². The van der Waals surface area contributed by atoms with Gasteiger partial charge in [-0.2, -0.15) is 0 Å². The summed E-state index contributed by atoms with van der Waals surface area (Å²) in [6.07, 6.45) is -0.222. The first-order chi connectivity index (χ1) is 9.78. The van der Waals surface area contributed by atoms with Crippen molar-refractivity contribution in [1.29, 1.82) is 0 Å². The van der Waals surface area contributed by atoms with Crippen LogP contribution in [0.5, 0.6) is 18.0 Å². The molecule has 0 aliphatic carbocycles. The lowest BCUT2D eigenvalue weighted by molar-refractivity contribution is 0.190. The van der Waals surface area contributed by atoms with Gasteiger partial charge in [0.25, 0.3) is 0 Å². The Hall–Kier alpha value is -1.02. The average Bonchev–Trinajstić information content (AvgIpc) is 2.36. The molecule has 0 aliphatic rings. The molecular weight excluding hydrogens is 317 g/mol. The zero-order valence-electron chi connectivity index (χ0n) is 12.9. The molecular formula is C11H20N3O5PS.